The number of rotatable bonds is 9. The zero-order valence-corrected chi connectivity index (χ0v) is 22.8. The number of hydrogen-bond donors (Lipinski definition) is 2. The highest BCUT2D eigenvalue weighted by Crippen LogP contribution is 2.33. The smallest absolute Gasteiger partial charge is 0.255 e. The van der Waals surface area contributed by atoms with Gasteiger partial charge in [-0.1, -0.05) is 48.9 Å². The number of fused-ring (bicyclic) bond motifs is 1. The molecule has 0 spiro atoms. The number of allylic oxidation sites excluding steroid dienone is 2. The molecule has 1 unspecified atom stereocenters. The Morgan fingerprint density at radius 3 is 2.41 bits per heavy atom. The molecule has 0 bridgehead atoms. The number of unbranched alkanes of at least 4 members (excludes halogenated alkanes) is 3. The number of imide groups is 1. The summed E-state index contributed by atoms with van der Waals surface area (Å²) in [6.07, 6.45) is 5.97. The molecule has 41 heavy (non-hydrogen) atoms. The van der Waals surface area contributed by atoms with Crippen molar-refractivity contribution < 1.29 is 28.8 Å². The third-order valence-electron chi connectivity index (χ3n) is 8.05. The van der Waals surface area contributed by atoms with Gasteiger partial charge in [0.05, 0.1) is 5.57 Å². The highest BCUT2D eigenvalue weighted by molar-refractivity contribution is 6.22. The number of amides is 4. The summed E-state index contributed by atoms with van der Waals surface area (Å²) in [4.78, 5) is 76.1. The fraction of sp³-hybridized carbons (Fsp3) is 0.375. The molecule has 9 heteroatoms. The molecule has 1 aliphatic carbocycles. The van der Waals surface area contributed by atoms with Crippen LogP contribution in [0.15, 0.2) is 60.2 Å². The van der Waals surface area contributed by atoms with Gasteiger partial charge in [-0.3, -0.25) is 34.1 Å². The normalized spacial score (nSPS) is 20.6. The molecule has 0 aromatic heterocycles. The van der Waals surface area contributed by atoms with Gasteiger partial charge in [-0.05, 0) is 49.3 Å². The minimum atomic E-state index is -0.712. The van der Waals surface area contributed by atoms with Gasteiger partial charge in [0.2, 0.25) is 17.7 Å². The van der Waals surface area contributed by atoms with E-state index in [1.54, 1.807) is 24.3 Å². The summed E-state index contributed by atoms with van der Waals surface area (Å²) in [7, 11) is 0. The van der Waals surface area contributed by atoms with Crippen LogP contribution < -0.4 is 10.6 Å². The number of Topliss-reactive ketones (excluding diaryl/α,β-unsaturated/α-hetero) is 2. The summed E-state index contributed by atoms with van der Waals surface area (Å²) in [5, 5.41) is 5.19. The van der Waals surface area contributed by atoms with Crippen molar-refractivity contribution in [3.63, 3.8) is 0 Å². The lowest BCUT2D eigenvalue weighted by molar-refractivity contribution is -0.137. The number of piperidine rings is 1. The first kappa shape index (κ1) is 28.1. The van der Waals surface area contributed by atoms with E-state index in [4.69, 9.17) is 0 Å². The first-order valence-corrected chi connectivity index (χ1v) is 14.2. The second-order valence-electron chi connectivity index (χ2n) is 10.9. The second-order valence-corrected chi connectivity index (χ2v) is 10.9. The number of ketones is 2. The van der Waals surface area contributed by atoms with Crippen molar-refractivity contribution in [1.82, 2.24) is 10.2 Å². The molecule has 2 N–H and O–H groups in total. The van der Waals surface area contributed by atoms with Crippen molar-refractivity contribution in [1.29, 1.82) is 0 Å². The maximum absolute atomic E-state index is 13.0. The van der Waals surface area contributed by atoms with Gasteiger partial charge in [-0.15, -0.1) is 0 Å². The molecule has 1 atom stereocenters. The number of carbonyl (C=O) groups is 6. The Bertz CT molecular complexity index is 1410. The highest BCUT2D eigenvalue weighted by Gasteiger charge is 2.40. The lowest BCUT2D eigenvalue weighted by atomic mass is 9.79. The molecule has 2 aromatic carbocycles. The summed E-state index contributed by atoms with van der Waals surface area (Å²) < 4.78 is 0. The predicted octanol–water partition coefficient (Wildman–Crippen LogP) is 3.98. The average Bonchev–Trinajstić information content (AvgIpc) is 3.29. The average molecular weight is 556 g/mol. The van der Waals surface area contributed by atoms with E-state index in [-0.39, 0.29) is 54.6 Å². The monoisotopic (exact) mass is 555 g/mol. The topological polar surface area (TPSA) is 130 Å². The molecule has 2 aromatic rings. The third kappa shape index (κ3) is 6.34. The molecule has 212 valence electrons. The Morgan fingerprint density at radius 2 is 1.68 bits per heavy atom. The Morgan fingerprint density at radius 1 is 0.927 bits per heavy atom. The van der Waals surface area contributed by atoms with Crippen molar-refractivity contribution in [3.05, 3.63) is 76.9 Å². The number of benzene rings is 2. The lowest BCUT2D eigenvalue weighted by Crippen LogP contribution is -2.52. The van der Waals surface area contributed by atoms with Crippen molar-refractivity contribution >= 4 is 40.9 Å². The Labute approximate surface area is 238 Å². The summed E-state index contributed by atoms with van der Waals surface area (Å²) in [6, 6.07) is 14.1. The molecule has 2 aliphatic heterocycles. The van der Waals surface area contributed by atoms with Crippen LogP contribution in [-0.4, -0.2) is 46.1 Å². The van der Waals surface area contributed by atoms with Crippen LogP contribution in [-0.2, 0) is 30.5 Å². The molecular formula is C32H33N3O6. The van der Waals surface area contributed by atoms with E-state index < -0.39 is 11.9 Å². The van der Waals surface area contributed by atoms with Gasteiger partial charge in [-0.25, -0.2) is 0 Å². The molecule has 9 nitrogen and oxygen atoms in total. The summed E-state index contributed by atoms with van der Waals surface area (Å²) in [6.45, 7) is 0.190. The summed E-state index contributed by atoms with van der Waals surface area (Å²) in [5.74, 6) is -1.53. The van der Waals surface area contributed by atoms with Crippen LogP contribution in [0.3, 0.4) is 0 Å². The van der Waals surface area contributed by atoms with E-state index in [0.717, 1.165) is 18.4 Å². The lowest BCUT2D eigenvalue weighted by Gasteiger charge is -2.29. The van der Waals surface area contributed by atoms with E-state index in [2.05, 4.69) is 10.6 Å². The van der Waals surface area contributed by atoms with E-state index in [9.17, 15) is 28.8 Å². The van der Waals surface area contributed by atoms with Gasteiger partial charge in [0, 0.05) is 49.0 Å². The summed E-state index contributed by atoms with van der Waals surface area (Å²) in [5.41, 5.74) is 2.99. The van der Waals surface area contributed by atoms with Gasteiger partial charge < -0.3 is 10.2 Å². The first-order chi connectivity index (χ1) is 19.8. The third-order valence-corrected chi connectivity index (χ3v) is 8.05. The molecule has 0 radical (unpaired) electrons. The molecule has 1 saturated carbocycles. The molecule has 4 amide bonds. The fourth-order valence-corrected chi connectivity index (χ4v) is 5.85. The van der Waals surface area contributed by atoms with Crippen molar-refractivity contribution in [2.24, 2.45) is 0 Å². The number of carbonyl (C=O) groups excluding carboxylic acids is 6. The van der Waals surface area contributed by atoms with Crippen LogP contribution in [0.1, 0.15) is 85.2 Å². The quantitative estimate of drug-likeness (QED) is 0.208. The Hall–Kier alpha value is -4.40. The zero-order chi connectivity index (χ0) is 28.9. The standard InChI is InChI=1S/C32H33N3O6/c36-27-17-21(20-9-4-3-5-10-20)18-28(37)23(27)11-6-1-2-7-14-29(38)33-25-13-8-12-22-24(25)19-35(32(22)41)26-15-16-30(39)34-31(26)40/h3-5,8-13,21,26H,1-2,6-7,14-19H2,(H,33,38)(H,34,39,40). The minimum Gasteiger partial charge on any atom is -0.326 e. The van der Waals surface area contributed by atoms with Gasteiger partial charge in [0.25, 0.3) is 5.91 Å². The molecule has 5 rings (SSSR count). The number of hydrogen-bond acceptors (Lipinski definition) is 6. The Balaban J connectivity index is 1.07. The molecule has 1 saturated heterocycles. The van der Waals surface area contributed by atoms with Gasteiger partial charge in [0.1, 0.15) is 6.04 Å². The number of nitrogens with zero attached hydrogens (tertiary/aromatic N) is 1. The Kier molecular flexibility index (Phi) is 8.52. The van der Waals surface area contributed by atoms with E-state index in [1.165, 1.54) is 4.90 Å². The van der Waals surface area contributed by atoms with Gasteiger partial charge in [-0.2, -0.15) is 0 Å². The summed E-state index contributed by atoms with van der Waals surface area (Å²) >= 11 is 0. The molecule has 3 aliphatic rings. The minimum absolute atomic E-state index is 0.0590. The van der Waals surface area contributed by atoms with Crippen molar-refractivity contribution in [3.8, 4) is 0 Å². The van der Waals surface area contributed by atoms with Gasteiger partial charge >= 0.3 is 0 Å². The van der Waals surface area contributed by atoms with E-state index in [1.807, 2.05) is 30.3 Å². The van der Waals surface area contributed by atoms with Crippen LogP contribution in [0, 0.1) is 0 Å². The molecule has 2 fully saturated rings. The maximum atomic E-state index is 13.0. The second kappa shape index (κ2) is 12.4. The van der Waals surface area contributed by atoms with Crippen LogP contribution in [0.5, 0.6) is 0 Å². The van der Waals surface area contributed by atoms with Crippen LogP contribution in [0.4, 0.5) is 5.69 Å². The molecular weight excluding hydrogens is 522 g/mol. The van der Waals surface area contributed by atoms with Crippen LogP contribution in [0.25, 0.3) is 0 Å². The maximum Gasteiger partial charge on any atom is 0.255 e. The predicted molar refractivity (Wildman–Crippen MR) is 151 cm³/mol. The largest absolute Gasteiger partial charge is 0.326 e. The van der Waals surface area contributed by atoms with E-state index in [0.29, 0.717) is 54.5 Å². The van der Waals surface area contributed by atoms with Gasteiger partial charge in [0.15, 0.2) is 11.6 Å². The van der Waals surface area contributed by atoms with Crippen molar-refractivity contribution in [2.45, 2.75) is 76.3 Å². The number of anilines is 1. The SMILES string of the molecule is O=C1CCC(N2Cc3c(NC(=O)CCCCCC=C4C(=O)CC(c5ccccc5)CC4=O)cccc3C2=O)C(=O)N1. The molecule has 2 heterocycles. The van der Waals surface area contributed by atoms with Crippen LogP contribution >= 0.6 is 0 Å². The number of nitrogens with one attached hydrogen (secondary N) is 2. The fourth-order valence-electron chi connectivity index (χ4n) is 5.85. The highest BCUT2D eigenvalue weighted by atomic mass is 16.2. The zero-order valence-electron chi connectivity index (χ0n) is 22.8. The van der Waals surface area contributed by atoms with Crippen LogP contribution in [0.2, 0.25) is 0 Å². The van der Waals surface area contributed by atoms with Crippen molar-refractivity contribution in [2.75, 3.05) is 5.32 Å². The van der Waals surface area contributed by atoms with E-state index >= 15 is 0 Å². The first-order valence-electron chi connectivity index (χ1n) is 14.2.